The number of ether oxygens (including phenoxy) is 1. The van der Waals surface area contributed by atoms with E-state index in [1.807, 2.05) is 6.92 Å². The molecule has 24 heavy (non-hydrogen) atoms. The van der Waals surface area contributed by atoms with Crippen molar-refractivity contribution in [2.75, 3.05) is 6.61 Å². The van der Waals surface area contributed by atoms with E-state index < -0.39 is 0 Å². The standard InChI is InChI=1S/C20H22F2O2/c1-5-24-18(23)9-7-15-11-16(10-13(3)20(15)22)19-12(2)6-8-17(21)14(19)4/h6,8,10-11H,5,7,9H2,1-4H3. The zero-order valence-electron chi connectivity index (χ0n) is 14.5. The smallest absolute Gasteiger partial charge is 0.306 e. The third kappa shape index (κ3) is 3.81. The van der Waals surface area contributed by atoms with Gasteiger partial charge in [-0.15, -0.1) is 0 Å². The molecule has 0 amide bonds. The lowest BCUT2D eigenvalue weighted by Crippen LogP contribution is -2.06. The molecule has 2 aromatic carbocycles. The number of benzene rings is 2. The van der Waals surface area contributed by atoms with E-state index >= 15 is 0 Å². The molecule has 0 saturated heterocycles. The van der Waals surface area contributed by atoms with Crippen molar-refractivity contribution in [3.8, 4) is 11.1 Å². The van der Waals surface area contributed by atoms with Gasteiger partial charge in [-0.05, 0) is 85.7 Å². The van der Waals surface area contributed by atoms with E-state index in [1.165, 1.54) is 6.07 Å². The van der Waals surface area contributed by atoms with Gasteiger partial charge in [-0.25, -0.2) is 8.78 Å². The summed E-state index contributed by atoms with van der Waals surface area (Å²) in [7, 11) is 0. The van der Waals surface area contributed by atoms with Crippen LogP contribution in [0.3, 0.4) is 0 Å². The summed E-state index contributed by atoms with van der Waals surface area (Å²) in [6.07, 6.45) is 0.377. The van der Waals surface area contributed by atoms with Crippen LogP contribution in [0.1, 0.15) is 35.6 Å². The number of halogens is 2. The van der Waals surface area contributed by atoms with Crippen molar-refractivity contribution >= 4 is 5.97 Å². The third-order valence-electron chi connectivity index (χ3n) is 4.13. The fourth-order valence-corrected chi connectivity index (χ4v) is 2.90. The first-order valence-electron chi connectivity index (χ1n) is 8.05. The largest absolute Gasteiger partial charge is 0.466 e. The average molecular weight is 332 g/mol. The summed E-state index contributed by atoms with van der Waals surface area (Å²) in [5, 5.41) is 0. The molecule has 0 saturated carbocycles. The second-order valence-corrected chi connectivity index (χ2v) is 5.94. The number of aryl methyl sites for hydroxylation is 3. The van der Waals surface area contributed by atoms with Gasteiger partial charge in [0.15, 0.2) is 0 Å². The summed E-state index contributed by atoms with van der Waals surface area (Å²) in [5.74, 6) is -0.960. The highest BCUT2D eigenvalue weighted by atomic mass is 19.1. The number of esters is 1. The first kappa shape index (κ1) is 18.1. The van der Waals surface area contributed by atoms with Crippen molar-refractivity contribution in [2.24, 2.45) is 0 Å². The SMILES string of the molecule is CCOC(=O)CCc1cc(-c2c(C)ccc(F)c2C)cc(C)c1F. The molecule has 0 spiro atoms. The Labute approximate surface area is 141 Å². The molecule has 0 atom stereocenters. The van der Waals surface area contributed by atoms with Gasteiger partial charge in [-0.1, -0.05) is 6.07 Å². The van der Waals surface area contributed by atoms with Crippen molar-refractivity contribution < 1.29 is 18.3 Å². The maximum atomic E-state index is 14.4. The van der Waals surface area contributed by atoms with Crippen molar-refractivity contribution in [3.05, 3.63) is 58.2 Å². The Balaban J connectivity index is 2.44. The molecule has 4 heteroatoms. The fraction of sp³-hybridized carbons (Fsp3) is 0.350. The van der Waals surface area contributed by atoms with E-state index in [-0.39, 0.29) is 30.4 Å². The molecule has 0 aliphatic carbocycles. The first-order valence-corrected chi connectivity index (χ1v) is 8.05. The van der Waals surface area contributed by atoms with Gasteiger partial charge in [0.1, 0.15) is 11.6 Å². The van der Waals surface area contributed by atoms with Gasteiger partial charge in [-0.2, -0.15) is 0 Å². The van der Waals surface area contributed by atoms with Crippen LogP contribution in [0.4, 0.5) is 8.78 Å². The van der Waals surface area contributed by atoms with E-state index in [2.05, 4.69) is 0 Å². The second-order valence-electron chi connectivity index (χ2n) is 5.94. The van der Waals surface area contributed by atoms with Crippen LogP contribution in [-0.4, -0.2) is 12.6 Å². The maximum absolute atomic E-state index is 14.4. The molecule has 0 bridgehead atoms. The highest BCUT2D eigenvalue weighted by molar-refractivity contribution is 5.73. The summed E-state index contributed by atoms with van der Waals surface area (Å²) in [5.41, 5.74) is 3.93. The van der Waals surface area contributed by atoms with Crippen LogP contribution in [-0.2, 0) is 16.0 Å². The van der Waals surface area contributed by atoms with Gasteiger partial charge in [-0.3, -0.25) is 4.79 Å². The molecule has 0 aliphatic heterocycles. The summed E-state index contributed by atoms with van der Waals surface area (Å²) in [6.45, 7) is 7.34. The van der Waals surface area contributed by atoms with Gasteiger partial charge in [0.25, 0.3) is 0 Å². The average Bonchev–Trinajstić information content (AvgIpc) is 2.53. The Morgan fingerprint density at radius 3 is 2.46 bits per heavy atom. The normalized spacial score (nSPS) is 10.8. The minimum absolute atomic E-state index is 0.120. The third-order valence-corrected chi connectivity index (χ3v) is 4.13. The lowest BCUT2D eigenvalue weighted by molar-refractivity contribution is -0.143. The van der Waals surface area contributed by atoms with Crippen molar-refractivity contribution in [1.82, 2.24) is 0 Å². The Hall–Kier alpha value is -2.23. The predicted octanol–water partition coefficient (Wildman–Crippen LogP) is 5.05. The molecule has 2 aromatic rings. The molecule has 128 valence electrons. The fourth-order valence-electron chi connectivity index (χ4n) is 2.90. The van der Waals surface area contributed by atoms with Crippen LogP contribution in [0.5, 0.6) is 0 Å². The molecular weight excluding hydrogens is 310 g/mol. The van der Waals surface area contributed by atoms with E-state index in [0.717, 1.165) is 16.7 Å². The highest BCUT2D eigenvalue weighted by Crippen LogP contribution is 2.32. The van der Waals surface area contributed by atoms with E-state index in [1.54, 1.807) is 39.0 Å². The molecule has 0 heterocycles. The lowest BCUT2D eigenvalue weighted by Gasteiger charge is -2.14. The minimum Gasteiger partial charge on any atom is -0.466 e. The van der Waals surface area contributed by atoms with Crippen LogP contribution >= 0.6 is 0 Å². The summed E-state index contributed by atoms with van der Waals surface area (Å²) >= 11 is 0. The van der Waals surface area contributed by atoms with Crippen LogP contribution in [0.2, 0.25) is 0 Å². The van der Waals surface area contributed by atoms with Gasteiger partial charge < -0.3 is 4.74 Å². The Morgan fingerprint density at radius 2 is 1.79 bits per heavy atom. The Kier molecular flexibility index (Phi) is 5.71. The van der Waals surface area contributed by atoms with Crippen molar-refractivity contribution in [2.45, 2.75) is 40.5 Å². The van der Waals surface area contributed by atoms with Crippen LogP contribution in [0, 0.1) is 32.4 Å². The summed E-state index contributed by atoms with van der Waals surface area (Å²) in [6, 6.07) is 6.58. The zero-order chi connectivity index (χ0) is 17.9. The minimum atomic E-state index is -0.349. The molecule has 0 radical (unpaired) electrons. The molecule has 0 N–H and O–H groups in total. The van der Waals surface area contributed by atoms with E-state index in [0.29, 0.717) is 23.3 Å². The van der Waals surface area contributed by atoms with Crippen LogP contribution < -0.4 is 0 Å². The van der Waals surface area contributed by atoms with Crippen LogP contribution in [0.25, 0.3) is 11.1 Å². The topological polar surface area (TPSA) is 26.3 Å². The zero-order valence-corrected chi connectivity index (χ0v) is 14.5. The predicted molar refractivity (Wildman–Crippen MR) is 91.0 cm³/mol. The molecular formula is C20H22F2O2. The molecule has 0 aromatic heterocycles. The first-order chi connectivity index (χ1) is 11.3. The summed E-state index contributed by atoms with van der Waals surface area (Å²) in [4.78, 5) is 11.5. The number of hydrogen-bond donors (Lipinski definition) is 0. The monoisotopic (exact) mass is 332 g/mol. The van der Waals surface area contributed by atoms with Crippen molar-refractivity contribution in [3.63, 3.8) is 0 Å². The summed E-state index contributed by atoms with van der Waals surface area (Å²) < 4.78 is 33.2. The second kappa shape index (κ2) is 7.56. The number of carbonyl (C=O) groups excluding carboxylic acids is 1. The van der Waals surface area contributed by atoms with Gasteiger partial charge in [0.2, 0.25) is 0 Å². The van der Waals surface area contributed by atoms with E-state index in [9.17, 15) is 13.6 Å². The quantitative estimate of drug-likeness (QED) is 0.716. The Bertz CT molecular complexity index is 767. The molecule has 2 nitrogen and oxygen atoms in total. The molecule has 0 fully saturated rings. The molecule has 0 unspecified atom stereocenters. The number of carbonyl (C=O) groups is 1. The van der Waals surface area contributed by atoms with Crippen LogP contribution in [0.15, 0.2) is 24.3 Å². The maximum Gasteiger partial charge on any atom is 0.306 e. The van der Waals surface area contributed by atoms with Gasteiger partial charge >= 0.3 is 5.97 Å². The molecule has 2 rings (SSSR count). The van der Waals surface area contributed by atoms with Crippen molar-refractivity contribution in [1.29, 1.82) is 0 Å². The Morgan fingerprint density at radius 1 is 1.08 bits per heavy atom. The number of hydrogen-bond acceptors (Lipinski definition) is 2. The molecule has 0 aliphatic rings. The lowest BCUT2D eigenvalue weighted by atomic mass is 9.92. The highest BCUT2D eigenvalue weighted by Gasteiger charge is 2.15. The van der Waals surface area contributed by atoms with Gasteiger partial charge in [0, 0.05) is 6.42 Å². The van der Waals surface area contributed by atoms with E-state index in [4.69, 9.17) is 4.74 Å². The number of rotatable bonds is 5. The van der Waals surface area contributed by atoms with Gasteiger partial charge in [0.05, 0.1) is 6.61 Å².